The van der Waals surface area contributed by atoms with Crippen LogP contribution in [0.25, 0.3) is 5.57 Å². The summed E-state index contributed by atoms with van der Waals surface area (Å²) in [6.45, 7) is 5.72. The fourth-order valence-electron chi connectivity index (χ4n) is 4.54. The minimum Gasteiger partial charge on any atom is -0.633 e. The summed E-state index contributed by atoms with van der Waals surface area (Å²) in [5.41, 5.74) is 5.13. The number of hydrogen-bond acceptors (Lipinski definition) is 7. The van der Waals surface area contributed by atoms with Crippen molar-refractivity contribution in [1.29, 1.82) is 0 Å². The second-order valence-electron chi connectivity index (χ2n) is 10.2. The van der Waals surface area contributed by atoms with E-state index < -0.39 is 15.2 Å². The molecule has 39 heavy (non-hydrogen) atoms. The molecular formula is C29H34N6O4. The van der Waals surface area contributed by atoms with Crippen molar-refractivity contribution in [1.82, 2.24) is 14.6 Å². The lowest BCUT2D eigenvalue weighted by atomic mass is 10.0. The number of allylic oxidation sites excluding steroid dienone is 1. The Morgan fingerprint density at radius 3 is 2.56 bits per heavy atom. The van der Waals surface area contributed by atoms with Gasteiger partial charge in [-0.15, -0.1) is 0 Å². The molecule has 0 aliphatic heterocycles. The molecule has 2 unspecified atom stereocenters. The standard InChI is InChI=1S/C29H34N6O4/c1-7-28(36)31-24-17-25(27(39-6)18-26(24)35(5,38)15-14-34(3,4)37)33-29-30-13-12-23(32-29)22-16-19(2)20-10-8-9-11-21(20)22/h7-13,16-19H,1,14-15H2,2-6H3,(H,31,36)(H,30,32,33). The van der Waals surface area contributed by atoms with Crippen molar-refractivity contribution in [3.8, 4) is 5.75 Å². The number of quaternary nitrogens is 2. The molecule has 3 aromatic rings. The zero-order valence-electron chi connectivity index (χ0n) is 22.9. The van der Waals surface area contributed by atoms with Crippen molar-refractivity contribution in [2.75, 3.05) is 52.0 Å². The average Bonchev–Trinajstić information content (AvgIpc) is 3.24. The second-order valence-corrected chi connectivity index (χ2v) is 10.2. The largest absolute Gasteiger partial charge is 0.633 e. The highest BCUT2D eigenvalue weighted by Gasteiger charge is 2.26. The predicted octanol–water partition coefficient (Wildman–Crippen LogP) is 4.91. The first-order chi connectivity index (χ1) is 18.4. The molecule has 1 amide bonds. The Morgan fingerprint density at radius 2 is 1.87 bits per heavy atom. The fraction of sp³-hybridized carbons (Fsp3) is 0.276. The minimum absolute atomic E-state index is 0.0104. The molecule has 2 aromatic carbocycles. The molecule has 2 N–H and O–H groups in total. The van der Waals surface area contributed by atoms with Crippen LogP contribution in [-0.4, -0.2) is 61.9 Å². The molecule has 0 saturated heterocycles. The van der Waals surface area contributed by atoms with Gasteiger partial charge in [0.1, 0.15) is 24.5 Å². The van der Waals surface area contributed by atoms with Gasteiger partial charge in [0.05, 0.1) is 39.6 Å². The number of rotatable bonds is 10. The molecule has 10 heteroatoms. The summed E-state index contributed by atoms with van der Waals surface area (Å²) < 4.78 is 4.08. The number of amides is 1. The third kappa shape index (κ3) is 6.32. The van der Waals surface area contributed by atoms with Crippen molar-refractivity contribution in [3.05, 3.63) is 94.6 Å². The number of nitrogens with zero attached hydrogens (tertiary/aromatic N) is 4. The van der Waals surface area contributed by atoms with Crippen LogP contribution < -0.4 is 20.0 Å². The van der Waals surface area contributed by atoms with Gasteiger partial charge in [0.15, 0.2) is 5.69 Å². The number of benzene rings is 2. The summed E-state index contributed by atoms with van der Waals surface area (Å²) in [4.78, 5) is 21.4. The zero-order valence-corrected chi connectivity index (χ0v) is 22.9. The Hall–Kier alpha value is -4.09. The molecule has 1 aromatic heterocycles. The predicted molar refractivity (Wildman–Crippen MR) is 155 cm³/mol. The van der Waals surface area contributed by atoms with E-state index >= 15 is 0 Å². The van der Waals surface area contributed by atoms with Crippen molar-refractivity contribution in [3.63, 3.8) is 0 Å². The van der Waals surface area contributed by atoms with Crippen molar-refractivity contribution >= 4 is 34.5 Å². The highest BCUT2D eigenvalue weighted by atomic mass is 16.6. The van der Waals surface area contributed by atoms with Gasteiger partial charge in [0.25, 0.3) is 0 Å². The number of hydroxylamine groups is 5. The molecular weight excluding hydrogens is 496 g/mol. The Balaban J connectivity index is 1.71. The minimum atomic E-state index is -0.898. The third-order valence-electron chi connectivity index (χ3n) is 6.67. The first-order valence-corrected chi connectivity index (χ1v) is 12.6. The molecule has 1 aliphatic carbocycles. The summed E-state index contributed by atoms with van der Waals surface area (Å²) in [6, 6.07) is 13.3. The smallest absolute Gasteiger partial charge is 0.247 e. The van der Waals surface area contributed by atoms with Gasteiger partial charge in [-0.25, -0.2) is 9.97 Å². The maximum atomic E-state index is 13.6. The molecule has 0 radical (unpaired) electrons. The Kier molecular flexibility index (Phi) is 7.84. The SMILES string of the molecule is C=CC(=O)Nc1cc(Nc2nccc(C3=CC(C)c4ccccc43)n2)c(OC)cc1[N+](C)([O-])CC[N+](C)(C)[O-]. The summed E-state index contributed by atoms with van der Waals surface area (Å²) in [6.07, 6.45) is 4.98. The molecule has 0 spiro atoms. The van der Waals surface area contributed by atoms with Crippen LogP contribution >= 0.6 is 0 Å². The van der Waals surface area contributed by atoms with Crippen molar-refractivity contribution in [2.45, 2.75) is 12.8 Å². The molecule has 1 aliphatic rings. The fourth-order valence-corrected chi connectivity index (χ4v) is 4.54. The number of likely N-dealkylation sites (N-methyl/N-ethyl adjacent to an activating group) is 2. The van der Waals surface area contributed by atoms with Crippen molar-refractivity contribution < 1.29 is 14.2 Å². The summed E-state index contributed by atoms with van der Waals surface area (Å²) in [5.74, 6) is 0.469. The van der Waals surface area contributed by atoms with Gasteiger partial charge in [0.2, 0.25) is 11.9 Å². The highest BCUT2D eigenvalue weighted by molar-refractivity contribution is 6.02. The maximum Gasteiger partial charge on any atom is 0.247 e. The van der Waals surface area contributed by atoms with Gasteiger partial charge < -0.3 is 35.1 Å². The Labute approximate surface area is 228 Å². The van der Waals surface area contributed by atoms with Crippen LogP contribution in [0.1, 0.15) is 29.7 Å². The Bertz CT molecular complexity index is 1430. The van der Waals surface area contributed by atoms with Crippen LogP contribution in [0, 0.1) is 10.4 Å². The molecule has 0 saturated carbocycles. The van der Waals surface area contributed by atoms with E-state index in [4.69, 9.17) is 9.72 Å². The van der Waals surface area contributed by atoms with Gasteiger partial charge in [-0.2, -0.15) is 0 Å². The number of hydrogen-bond donors (Lipinski definition) is 2. The lowest BCUT2D eigenvalue weighted by Gasteiger charge is -2.43. The normalized spacial score (nSPS) is 16.1. The number of carbonyl (C=O) groups excluding carboxylic acids is 1. The number of anilines is 3. The van der Waals surface area contributed by atoms with E-state index in [0.29, 0.717) is 17.4 Å². The monoisotopic (exact) mass is 530 g/mol. The number of methoxy groups -OCH3 is 1. The van der Waals surface area contributed by atoms with Gasteiger partial charge in [0, 0.05) is 23.8 Å². The quantitative estimate of drug-likeness (QED) is 0.217. The number of nitrogens with one attached hydrogen (secondary N) is 2. The summed E-state index contributed by atoms with van der Waals surface area (Å²) >= 11 is 0. The van der Waals surface area contributed by atoms with Crippen LogP contribution in [0.3, 0.4) is 0 Å². The molecule has 2 atom stereocenters. The van der Waals surface area contributed by atoms with Crippen LogP contribution in [-0.2, 0) is 4.79 Å². The maximum absolute atomic E-state index is 13.6. The first kappa shape index (κ1) is 27.9. The molecule has 4 rings (SSSR count). The molecule has 204 valence electrons. The Morgan fingerprint density at radius 1 is 1.13 bits per heavy atom. The highest BCUT2D eigenvalue weighted by Crippen LogP contribution is 2.41. The second kappa shape index (κ2) is 11.0. The van der Waals surface area contributed by atoms with E-state index in [1.165, 1.54) is 33.8 Å². The van der Waals surface area contributed by atoms with Gasteiger partial charge >= 0.3 is 0 Å². The number of ether oxygens (including phenoxy) is 1. The average molecular weight is 531 g/mol. The van der Waals surface area contributed by atoms with Gasteiger partial charge in [-0.05, 0) is 29.3 Å². The summed E-state index contributed by atoms with van der Waals surface area (Å²) in [5, 5.41) is 31.6. The summed E-state index contributed by atoms with van der Waals surface area (Å²) in [7, 11) is 5.87. The van der Waals surface area contributed by atoms with E-state index in [2.05, 4.69) is 47.3 Å². The zero-order chi connectivity index (χ0) is 28.4. The first-order valence-electron chi connectivity index (χ1n) is 12.6. The molecule has 0 fully saturated rings. The van der Waals surface area contributed by atoms with Gasteiger partial charge in [-0.1, -0.05) is 43.8 Å². The van der Waals surface area contributed by atoms with Crippen LogP contribution in [0.2, 0.25) is 0 Å². The molecule has 1 heterocycles. The van der Waals surface area contributed by atoms with E-state index in [1.54, 1.807) is 18.3 Å². The number of fused-ring (bicyclic) bond motifs is 1. The number of aromatic nitrogens is 2. The van der Waals surface area contributed by atoms with E-state index in [1.807, 2.05) is 18.2 Å². The van der Waals surface area contributed by atoms with E-state index in [9.17, 15) is 15.2 Å². The van der Waals surface area contributed by atoms with E-state index in [0.717, 1.165) is 22.9 Å². The van der Waals surface area contributed by atoms with Crippen LogP contribution in [0.4, 0.5) is 23.0 Å². The topological polar surface area (TPSA) is 122 Å². The van der Waals surface area contributed by atoms with Crippen molar-refractivity contribution in [2.24, 2.45) is 0 Å². The van der Waals surface area contributed by atoms with Crippen LogP contribution in [0.5, 0.6) is 5.75 Å². The molecule has 0 bridgehead atoms. The van der Waals surface area contributed by atoms with Crippen LogP contribution in [0.15, 0.2) is 67.4 Å². The lowest BCUT2D eigenvalue weighted by Crippen LogP contribution is -2.48. The van der Waals surface area contributed by atoms with Gasteiger partial charge in [-0.3, -0.25) is 4.79 Å². The molecule has 10 nitrogen and oxygen atoms in total. The number of carbonyl (C=O) groups is 1. The third-order valence-corrected chi connectivity index (χ3v) is 6.67. The lowest BCUT2D eigenvalue weighted by molar-refractivity contribution is -0.839. The van der Waals surface area contributed by atoms with E-state index in [-0.39, 0.29) is 30.4 Å².